The van der Waals surface area contributed by atoms with Crippen molar-refractivity contribution in [3.8, 4) is 11.1 Å². The molecule has 4 heterocycles. The van der Waals surface area contributed by atoms with E-state index >= 15 is 0 Å². The van der Waals surface area contributed by atoms with Crippen LogP contribution in [0.4, 0.5) is 0 Å². The molecule has 4 aromatic rings. The molecule has 0 atom stereocenters. The van der Waals surface area contributed by atoms with Crippen molar-refractivity contribution in [3.05, 3.63) is 61.3 Å². The van der Waals surface area contributed by atoms with Gasteiger partial charge in [-0.15, -0.1) is 0 Å². The van der Waals surface area contributed by atoms with E-state index in [0.717, 1.165) is 39.5 Å². The van der Waals surface area contributed by atoms with E-state index in [-0.39, 0.29) is 0 Å². The highest BCUT2D eigenvalue weighted by Crippen LogP contribution is 2.28. The number of aromatic amines is 1. The number of hydrogen-bond donors (Lipinski definition) is 2. The lowest BCUT2D eigenvalue weighted by Gasteiger charge is -2.12. The zero-order valence-electron chi connectivity index (χ0n) is 19.7. The Kier molecular flexibility index (Phi) is 9.98. The number of nitrogens with one attached hydrogen (secondary N) is 2. The fourth-order valence-corrected chi connectivity index (χ4v) is 3.63. The predicted octanol–water partition coefficient (Wildman–Crippen LogP) is 6.72. The molecule has 2 N–H and O–H groups in total. The van der Waals surface area contributed by atoms with Crippen molar-refractivity contribution in [2.45, 2.75) is 59.4 Å². The largest absolute Gasteiger partial charge is 0.346 e. The molecule has 5 heteroatoms. The molecule has 0 aliphatic heterocycles. The van der Waals surface area contributed by atoms with E-state index in [4.69, 9.17) is 0 Å². The first-order chi connectivity index (χ1) is 15.2. The summed E-state index contributed by atoms with van der Waals surface area (Å²) in [4.78, 5) is 11.9. The zero-order chi connectivity index (χ0) is 22.6. The normalized spacial score (nSPS) is 10.5. The first-order valence-corrected chi connectivity index (χ1v) is 11.4. The van der Waals surface area contributed by atoms with E-state index in [0.29, 0.717) is 0 Å². The van der Waals surface area contributed by atoms with E-state index < -0.39 is 0 Å². The van der Waals surface area contributed by atoms with Gasteiger partial charge in [0.05, 0.1) is 11.9 Å². The zero-order valence-corrected chi connectivity index (χ0v) is 19.7. The molecular weight excluding hydrogens is 382 g/mol. The molecule has 0 aliphatic rings. The number of nitrogens with zero attached hydrogens (tertiary/aromatic N) is 3. The van der Waals surface area contributed by atoms with Crippen molar-refractivity contribution < 1.29 is 0 Å². The average molecular weight is 420 g/mol. The van der Waals surface area contributed by atoms with E-state index in [1.165, 1.54) is 25.7 Å². The van der Waals surface area contributed by atoms with Crippen LogP contribution >= 0.6 is 0 Å². The van der Waals surface area contributed by atoms with E-state index in [1.807, 2.05) is 42.8 Å². The SMILES string of the molecule is C=Cc1cnc2ccc(-c3c[nH]c4ncccc34)cn12.CC.CCCC(CCC)NC. The third-order valence-corrected chi connectivity index (χ3v) is 5.19. The van der Waals surface area contributed by atoms with E-state index in [2.05, 4.69) is 66.1 Å². The van der Waals surface area contributed by atoms with Gasteiger partial charge in [0.15, 0.2) is 0 Å². The summed E-state index contributed by atoms with van der Waals surface area (Å²) in [5.74, 6) is 0. The van der Waals surface area contributed by atoms with Crippen LogP contribution < -0.4 is 5.32 Å². The van der Waals surface area contributed by atoms with Crippen LogP contribution in [0.2, 0.25) is 0 Å². The van der Waals surface area contributed by atoms with Gasteiger partial charge in [0.1, 0.15) is 11.3 Å². The Balaban J connectivity index is 0.000000265. The molecule has 5 nitrogen and oxygen atoms in total. The van der Waals surface area contributed by atoms with Crippen LogP contribution in [-0.4, -0.2) is 32.4 Å². The smallest absolute Gasteiger partial charge is 0.137 e. The van der Waals surface area contributed by atoms with Crippen LogP contribution in [0.15, 0.2) is 55.6 Å². The number of H-pyrrole nitrogens is 1. The quantitative estimate of drug-likeness (QED) is 0.349. The molecular formula is C26H37N5. The van der Waals surface area contributed by atoms with Crippen molar-refractivity contribution in [2.24, 2.45) is 0 Å². The highest BCUT2D eigenvalue weighted by Gasteiger charge is 2.08. The lowest BCUT2D eigenvalue weighted by molar-refractivity contribution is 0.479. The molecule has 0 saturated heterocycles. The Morgan fingerprint density at radius 1 is 1.13 bits per heavy atom. The molecule has 0 aromatic carbocycles. The summed E-state index contributed by atoms with van der Waals surface area (Å²) in [6.45, 7) is 12.3. The van der Waals surface area contributed by atoms with Crippen molar-refractivity contribution in [2.75, 3.05) is 7.05 Å². The Labute approximate surface area is 186 Å². The van der Waals surface area contributed by atoms with E-state index in [9.17, 15) is 0 Å². The number of aromatic nitrogens is 4. The van der Waals surface area contributed by atoms with Crippen LogP contribution in [-0.2, 0) is 0 Å². The number of fused-ring (bicyclic) bond motifs is 2. The number of imidazole rings is 1. The summed E-state index contributed by atoms with van der Waals surface area (Å²) in [6, 6.07) is 8.87. The Morgan fingerprint density at radius 3 is 2.52 bits per heavy atom. The number of rotatable bonds is 7. The molecule has 0 amide bonds. The summed E-state index contributed by atoms with van der Waals surface area (Å²) < 4.78 is 2.04. The van der Waals surface area contributed by atoms with Gasteiger partial charge in [-0.3, -0.25) is 4.40 Å². The van der Waals surface area contributed by atoms with Crippen molar-refractivity contribution >= 4 is 22.8 Å². The Hall–Kier alpha value is -2.92. The summed E-state index contributed by atoms with van der Waals surface area (Å²) in [7, 11) is 2.05. The molecule has 0 aliphatic carbocycles. The van der Waals surface area contributed by atoms with Gasteiger partial charge < -0.3 is 10.3 Å². The van der Waals surface area contributed by atoms with Gasteiger partial charge in [0, 0.05) is 41.1 Å². The first kappa shape index (κ1) is 24.4. The molecule has 4 rings (SSSR count). The molecule has 0 radical (unpaired) electrons. The summed E-state index contributed by atoms with van der Waals surface area (Å²) in [6.07, 6.45) is 14.7. The maximum Gasteiger partial charge on any atom is 0.137 e. The lowest BCUT2D eigenvalue weighted by atomic mass is 10.1. The maximum atomic E-state index is 4.35. The molecule has 0 spiro atoms. The molecule has 4 aromatic heterocycles. The monoisotopic (exact) mass is 419 g/mol. The van der Waals surface area contributed by atoms with Crippen LogP contribution in [0.3, 0.4) is 0 Å². The van der Waals surface area contributed by atoms with Crippen molar-refractivity contribution in [1.29, 1.82) is 0 Å². The topological polar surface area (TPSA) is 58.0 Å². The third-order valence-electron chi connectivity index (χ3n) is 5.19. The lowest BCUT2D eigenvalue weighted by Crippen LogP contribution is -2.24. The van der Waals surface area contributed by atoms with Gasteiger partial charge in [0.25, 0.3) is 0 Å². The first-order valence-electron chi connectivity index (χ1n) is 11.4. The molecule has 166 valence electrons. The van der Waals surface area contributed by atoms with Gasteiger partial charge in [-0.2, -0.15) is 0 Å². The third kappa shape index (κ3) is 6.05. The average Bonchev–Trinajstić information content (AvgIpc) is 3.44. The fourth-order valence-electron chi connectivity index (χ4n) is 3.63. The van der Waals surface area contributed by atoms with Gasteiger partial charge in [0.2, 0.25) is 0 Å². The molecule has 0 unspecified atom stereocenters. The second-order valence-corrected chi connectivity index (χ2v) is 7.20. The van der Waals surface area contributed by atoms with Gasteiger partial charge in [-0.1, -0.05) is 47.1 Å². The van der Waals surface area contributed by atoms with Gasteiger partial charge in [-0.05, 0) is 50.2 Å². The second kappa shape index (κ2) is 12.7. The molecule has 31 heavy (non-hydrogen) atoms. The summed E-state index contributed by atoms with van der Waals surface area (Å²) in [5, 5.41) is 4.42. The maximum absolute atomic E-state index is 4.35. The number of pyridine rings is 2. The van der Waals surface area contributed by atoms with Crippen LogP contribution in [0.1, 0.15) is 59.1 Å². The minimum atomic E-state index is 0.764. The highest BCUT2D eigenvalue weighted by atomic mass is 15.0. The van der Waals surface area contributed by atoms with Gasteiger partial charge >= 0.3 is 0 Å². The second-order valence-electron chi connectivity index (χ2n) is 7.20. The standard InChI is InChI=1S/C16H12N4.C8H19N.C2H6/c1-2-12-8-18-15-6-5-11(10-20(12)15)14-9-19-16-13(14)4-3-7-17-16;1-4-6-8(9-3)7-5-2;1-2/h2-10H,1H2,(H,17,19);8-9H,4-7H2,1-3H3;1-2H3. The van der Waals surface area contributed by atoms with Crippen molar-refractivity contribution in [1.82, 2.24) is 24.7 Å². The van der Waals surface area contributed by atoms with E-state index in [1.54, 1.807) is 12.3 Å². The van der Waals surface area contributed by atoms with Crippen molar-refractivity contribution in [3.63, 3.8) is 0 Å². The summed E-state index contributed by atoms with van der Waals surface area (Å²) in [5.41, 5.74) is 5.06. The predicted molar refractivity (Wildman–Crippen MR) is 134 cm³/mol. The molecule has 0 bridgehead atoms. The molecule has 0 saturated carbocycles. The Morgan fingerprint density at radius 2 is 1.87 bits per heavy atom. The minimum absolute atomic E-state index is 0.764. The summed E-state index contributed by atoms with van der Waals surface area (Å²) >= 11 is 0. The van der Waals surface area contributed by atoms with Crippen LogP contribution in [0.5, 0.6) is 0 Å². The fraction of sp³-hybridized carbons (Fsp3) is 0.385. The Bertz CT molecular complexity index is 1050. The van der Waals surface area contributed by atoms with Crippen LogP contribution in [0, 0.1) is 0 Å². The van der Waals surface area contributed by atoms with Gasteiger partial charge in [-0.25, -0.2) is 9.97 Å². The minimum Gasteiger partial charge on any atom is -0.346 e. The molecule has 0 fully saturated rings. The highest BCUT2D eigenvalue weighted by molar-refractivity contribution is 5.93. The van der Waals surface area contributed by atoms with Crippen LogP contribution in [0.25, 0.3) is 33.9 Å². The number of hydrogen-bond acceptors (Lipinski definition) is 3.